The maximum atomic E-state index is 13.1. The highest BCUT2D eigenvalue weighted by Gasteiger charge is 2.59. The summed E-state index contributed by atoms with van der Waals surface area (Å²) >= 11 is 8.86. The fraction of sp³-hybridized carbons (Fsp3) is 0.914. The molecule has 4 aliphatic carbocycles. The molecular weight excluding hydrogens is 636 g/mol. The molecule has 4 aliphatic rings. The second-order valence-electron chi connectivity index (χ2n) is 15.9. The van der Waals surface area contributed by atoms with Gasteiger partial charge in [-0.2, -0.15) is 13.2 Å². The molecule has 6 nitrogen and oxygen atoms in total. The number of rotatable bonds is 13. The van der Waals surface area contributed by atoms with Crippen molar-refractivity contribution < 1.29 is 38.3 Å². The van der Waals surface area contributed by atoms with E-state index in [-0.39, 0.29) is 23.0 Å². The fourth-order valence-corrected chi connectivity index (χ4v) is 10.5. The van der Waals surface area contributed by atoms with Crippen molar-refractivity contribution in [3.05, 3.63) is 11.6 Å². The highest BCUT2D eigenvalue weighted by molar-refractivity contribution is 8.00. The molecule has 0 spiro atoms. The number of hydrogen-bond donors (Lipinski definition) is 4. The molecule has 4 rings (SSSR count). The number of alkyl halides is 3. The number of thiocarbonyl (C=S) groups is 1. The van der Waals surface area contributed by atoms with E-state index in [1.807, 2.05) is 0 Å². The Morgan fingerprint density at radius 1 is 1.00 bits per heavy atom. The van der Waals surface area contributed by atoms with Gasteiger partial charge in [0, 0.05) is 0 Å². The molecule has 0 aromatic carbocycles. The zero-order chi connectivity index (χ0) is 34.2. The molecule has 0 aliphatic heterocycles. The third-order valence-electron chi connectivity index (χ3n) is 12.8. The van der Waals surface area contributed by atoms with Crippen LogP contribution in [0.3, 0.4) is 0 Å². The van der Waals surface area contributed by atoms with Crippen LogP contribution in [0.15, 0.2) is 11.6 Å². The number of allylic oxidation sites excluding steroid dienone is 1. The van der Waals surface area contributed by atoms with Crippen molar-refractivity contribution in [3.8, 4) is 0 Å². The number of aliphatic hydroxyl groups is 4. The summed E-state index contributed by atoms with van der Waals surface area (Å²) in [4.78, 5) is -0.365. The van der Waals surface area contributed by atoms with Gasteiger partial charge >= 0.3 is 6.30 Å². The van der Waals surface area contributed by atoms with Gasteiger partial charge in [0.05, 0.1) is 19.3 Å². The van der Waals surface area contributed by atoms with Crippen LogP contribution in [0.2, 0.25) is 0 Å². The second-order valence-corrected chi connectivity index (χ2v) is 17.0. The largest absolute Gasteiger partial charge is 0.483 e. The summed E-state index contributed by atoms with van der Waals surface area (Å²) in [7, 11) is 0. The van der Waals surface area contributed by atoms with E-state index in [1.165, 1.54) is 50.5 Å². The van der Waals surface area contributed by atoms with E-state index in [0.717, 1.165) is 49.4 Å². The van der Waals surface area contributed by atoms with Gasteiger partial charge in [0.15, 0.2) is 0 Å². The monoisotopic (exact) mass is 692 g/mol. The summed E-state index contributed by atoms with van der Waals surface area (Å²) in [5.41, 5.74) is 1.97. The first-order valence-electron chi connectivity index (χ1n) is 17.5. The Kier molecular flexibility index (Phi) is 12.6. The van der Waals surface area contributed by atoms with Gasteiger partial charge in [-0.3, -0.25) is 4.90 Å². The van der Waals surface area contributed by atoms with Crippen LogP contribution in [0.4, 0.5) is 13.2 Å². The lowest BCUT2D eigenvalue weighted by atomic mass is 9.47. The Hall–Kier alpha value is -0.560. The minimum atomic E-state index is -4.95. The van der Waals surface area contributed by atoms with Crippen LogP contribution in [0.25, 0.3) is 0 Å². The maximum absolute atomic E-state index is 13.1. The topological polar surface area (TPSA) is 93.4 Å². The van der Waals surface area contributed by atoms with E-state index in [0.29, 0.717) is 17.3 Å². The van der Waals surface area contributed by atoms with Crippen LogP contribution >= 0.6 is 12.2 Å². The highest BCUT2D eigenvalue weighted by atomic mass is 32.1. The lowest BCUT2D eigenvalue weighted by Crippen LogP contribution is -2.53. The van der Waals surface area contributed by atoms with E-state index in [9.17, 15) is 33.6 Å². The highest BCUT2D eigenvalue weighted by Crippen LogP contribution is 2.67. The lowest BCUT2D eigenvalue weighted by molar-refractivity contribution is -0.226. The van der Waals surface area contributed by atoms with Gasteiger partial charge in [0.2, 0.25) is 0 Å². The third kappa shape index (κ3) is 8.07. The number of hydrogen-bond acceptors (Lipinski definition) is 7. The van der Waals surface area contributed by atoms with E-state index >= 15 is 0 Å². The van der Waals surface area contributed by atoms with Gasteiger partial charge in [-0.25, -0.2) is 0 Å². The van der Waals surface area contributed by atoms with Gasteiger partial charge in [0.1, 0.15) is 24.4 Å². The molecular formula is C35H57F3NO5S2-. The number of fused-ring (bicyclic) bond motifs is 5. The van der Waals surface area contributed by atoms with Crippen LogP contribution < -0.4 is 0 Å². The molecule has 266 valence electrons. The zero-order valence-electron chi connectivity index (χ0n) is 28.2. The van der Waals surface area contributed by atoms with Gasteiger partial charge in [-0.1, -0.05) is 69.9 Å². The van der Waals surface area contributed by atoms with Crippen molar-refractivity contribution >= 4 is 29.2 Å². The Labute approximate surface area is 284 Å². The van der Waals surface area contributed by atoms with Gasteiger partial charge in [-0.05, 0) is 97.7 Å². The van der Waals surface area contributed by atoms with Crippen LogP contribution in [0.1, 0.15) is 105 Å². The van der Waals surface area contributed by atoms with Crippen LogP contribution in [0.5, 0.6) is 0 Å². The van der Waals surface area contributed by atoms with E-state index in [1.54, 1.807) is 0 Å². The second kappa shape index (κ2) is 15.1. The Balaban J connectivity index is 1.32. The molecule has 46 heavy (non-hydrogen) atoms. The van der Waals surface area contributed by atoms with E-state index in [2.05, 4.69) is 65.5 Å². The molecule has 3 fully saturated rings. The molecule has 0 aromatic rings. The van der Waals surface area contributed by atoms with Gasteiger partial charge in [-0.15, -0.1) is 0 Å². The molecule has 0 saturated heterocycles. The zero-order valence-corrected chi connectivity index (χ0v) is 29.8. The number of ether oxygens (including phenoxy) is 1. The summed E-state index contributed by atoms with van der Waals surface area (Å²) < 4.78 is 44.5. The predicted molar refractivity (Wildman–Crippen MR) is 180 cm³/mol. The van der Waals surface area contributed by atoms with E-state index < -0.39 is 41.6 Å². The molecule has 3 saturated carbocycles. The maximum Gasteiger partial charge on any atom is 0.483 e. The van der Waals surface area contributed by atoms with Crippen molar-refractivity contribution in [2.24, 2.45) is 46.3 Å². The summed E-state index contributed by atoms with van der Waals surface area (Å²) in [6, 6.07) is 0. The van der Waals surface area contributed by atoms with Crippen LogP contribution in [-0.4, -0.2) is 79.6 Å². The first kappa shape index (κ1) is 38.2. The van der Waals surface area contributed by atoms with Crippen LogP contribution in [-0.2, 0) is 17.4 Å². The quantitative estimate of drug-likeness (QED) is 0.0752. The van der Waals surface area contributed by atoms with Gasteiger partial charge < -0.3 is 50.0 Å². The molecule has 12 atom stereocenters. The number of nitrogens with zero attached hydrogens (tertiary/aromatic N) is 1. The number of aliphatic hydroxyl groups excluding tert-OH is 4. The summed E-state index contributed by atoms with van der Waals surface area (Å²) in [6.45, 7) is 10.7. The van der Waals surface area contributed by atoms with Crippen molar-refractivity contribution in [3.63, 3.8) is 0 Å². The first-order chi connectivity index (χ1) is 21.4. The smallest absolute Gasteiger partial charge is 0.411 e. The van der Waals surface area contributed by atoms with Crippen molar-refractivity contribution in [1.29, 1.82) is 0 Å². The molecule has 0 amide bonds. The Morgan fingerprint density at radius 2 is 1.67 bits per heavy atom. The van der Waals surface area contributed by atoms with Gasteiger partial charge in [0.25, 0.3) is 0 Å². The summed E-state index contributed by atoms with van der Waals surface area (Å²) in [5.74, 6) is 4.51. The Bertz CT molecular complexity index is 1080. The molecule has 12 unspecified atom stereocenters. The predicted octanol–water partition coefficient (Wildman–Crippen LogP) is 6.51. The van der Waals surface area contributed by atoms with Crippen LogP contribution in [0, 0.1) is 46.3 Å². The molecule has 0 bridgehead atoms. The number of halogens is 3. The van der Waals surface area contributed by atoms with E-state index in [4.69, 9.17) is 4.74 Å². The first-order valence-corrected chi connectivity index (χ1v) is 18.3. The summed E-state index contributed by atoms with van der Waals surface area (Å²) in [5, 5.41) is 41.3. The minimum Gasteiger partial charge on any atom is -0.411 e. The molecule has 0 heterocycles. The standard InChI is InChI=1S/C35H58F3NO5S2/c1-20(2)7-6-8-21(3)25-11-12-26-24-10-9-22-17-23(13-15-33(22,4)27(24)14-16-34(25,26)5)44-19-29(41)31(43)30(42)28(40)18-39(32(45)46)35(36,37)38/h9,20-21,23-31,40-43H,6-8,10-19H2,1-5H3,(H,45,46)/p-1. The average Bonchev–Trinajstić information content (AvgIpc) is 3.33. The molecule has 4 N–H and O–H groups in total. The molecule has 11 heteroatoms. The van der Waals surface area contributed by atoms with Crippen molar-refractivity contribution in [1.82, 2.24) is 4.90 Å². The van der Waals surface area contributed by atoms with Crippen molar-refractivity contribution in [2.75, 3.05) is 13.2 Å². The normalized spacial score (nSPS) is 36.1. The minimum absolute atomic E-state index is 0.124. The summed E-state index contributed by atoms with van der Waals surface area (Å²) in [6.07, 6.45) is 2.60. The Morgan fingerprint density at radius 3 is 2.30 bits per heavy atom. The third-order valence-corrected chi connectivity index (χ3v) is 13.2. The molecule has 0 aromatic heterocycles. The fourth-order valence-electron chi connectivity index (χ4n) is 10.2. The SMILES string of the molecule is CC(C)CCCC(C)C1CCC2C3CC=C4CC(OCC(O)C(O)C(O)C(O)CN(C(=S)[S-])C(F)(F)F)CCC4(C)C3CCC12C. The lowest BCUT2D eigenvalue weighted by Gasteiger charge is -2.58. The molecule has 0 radical (unpaired) electrons. The van der Waals surface area contributed by atoms with Crippen molar-refractivity contribution in [2.45, 2.75) is 142 Å². The average molecular weight is 693 g/mol.